The number of nitrogens with zero attached hydrogens (tertiary/aromatic N) is 1. The van der Waals surface area contributed by atoms with Gasteiger partial charge in [0, 0.05) is 0 Å². The lowest BCUT2D eigenvalue weighted by molar-refractivity contribution is -0.681. The van der Waals surface area contributed by atoms with Crippen LogP contribution in [-0.2, 0) is 26.2 Å². The van der Waals surface area contributed by atoms with E-state index in [4.69, 9.17) is 4.55 Å². The van der Waals surface area contributed by atoms with Crippen molar-refractivity contribution in [1.29, 1.82) is 0 Å². The lowest BCUT2D eigenvalue weighted by Crippen LogP contribution is -3.00. The van der Waals surface area contributed by atoms with Gasteiger partial charge in [0.25, 0.3) is 10.1 Å². The Labute approximate surface area is 163 Å². The Bertz CT molecular complexity index is 808. The van der Waals surface area contributed by atoms with Crippen LogP contribution in [0.15, 0.2) is 28.7 Å². The molecule has 0 fully saturated rings. The highest BCUT2D eigenvalue weighted by Crippen LogP contribution is 2.20. The average Bonchev–Trinajstić information content (AvgIpc) is 2.81. The maximum atomic E-state index is 10.9. The number of aromatic nitrogens is 1. The molecule has 0 radical (unpaired) electrons. The van der Waals surface area contributed by atoms with Crippen molar-refractivity contribution in [2.24, 2.45) is 0 Å². The third-order valence-corrected chi connectivity index (χ3v) is 5.14. The molecular formula is C16H22BrNO5S2. The van der Waals surface area contributed by atoms with Gasteiger partial charge in [-0.3, -0.25) is 4.55 Å². The maximum absolute atomic E-state index is 10.9. The summed E-state index contributed by atoms with van der Waals surface area (Å²) < 4.78 is 37.1. The van der Waals surface area contributed by atoms with Crippen LogP contribution in [0.25, 0.3) is 0 Å². The second-order valence-electron chi connectivity index (χ2n) is 5.41. The smallest absolute Gasteiger partial charge is 0.372 e. The molecule has 2 rings (SSSR count). The molecule has 0 aliphatic heterocycles. The van der Waals surface area contributed by atoms with E-state index in [2.05, 4.69) is 4.74 Å². The normalized spacial score (nSPS) is 10.3. The zero-order chi connectivity index (χ0) is 18.5. The summed E-state index contributed by atoms with van der Waals surface area (Å²) in [7, 11) is -2.69. The highest BCUT2D eigenvalue weighted by molar-refractivity contribution is 7.86. The first kappa shape index (κ1) is 23.7. The predicted molar refractivity (Wildman–Crippen MR) is 91.7 cm³/mol. The molecular weight excluding hydrogens is 430 g/mol. The summed E-state index contributed by atoms with van der Waals surface area (Å²) in [6.07, 6.45) is 1.92. The van der Waals surface area contributed by atoms with Crippen molar-refractivity contribution in [1.82, 2.24) is 0 Å². The molecule has 1 N–H and O–H groups in total. The summed E-state index contributed by atoms with van der Waals surface area (Å²) in [5.41, 5.74) is 4.05. The zero-order valence-corrected chi connectivity index (χ0v) is 18.0. The topological polar surface area (TPSA) is 84.5 Å². The minimum Gasteiger partial charge on any atom is -1.00 e. The number of hydrogen-bond donors (Lipinski definition) is 1. The minimum atomic E-state index is -4.08. The van der Waals surface area contributed by atoms with Gasteiger partial charge >= 0.3 is 5.97 Å². The van der Waals surface area contributed by atoms with Crippen molar-refractivity contribution in [3.8, 4) is 0 Å². The Hall–Kier alpha value is -1.29. The van der Waals surface area contributed by atoms with E-state index in [1.807, 2.05) is 30.1 Å². The number of hydrogen-bond acceptors (Lipinski definition) is 5. The number of ether oxygens (including phenoxy) is 1. The highest BCUT2D eigenvalue weighted by Gasteiger charge is 2.16. The molecule has 0 saturated heterocycles. The fraction of sp³-hybridized carbons (Fsp3) is 0.375. The molecule has 140 valence electrons. The number of carbonyl (C=O) groups is 1. The number of thiazole rings is 1. The molecule has 0 atom stereocenters. The van der Waals surface area contributed by atoms with Gasteiger partial charge in [0.1, 0.15) is 0 Å². The fourth-order valence-corrected chi connectivity index (χ4v) is 3.88. The Morgan fingerprint density at radius 2 is 1.72 bits per heavy atom. The van der Waals surface area contributed by atoms with Gasteiger partial charge in [0.2, 0.25) is 12.1 Å². The number of aryl methyl sites for hydroxylation is 4. The van der Waals surface area contributed by atoms with Crippen molar-refractivity contribution >= 4 is 27.4 Å². The summed E-state index contributed by atoms with van der Waals surface area (Å²) in [5.74, 6) is -0.215. The van der Waals surface area contributed by atoms with Crippen LogP contribution in [0.2, 0.25) is 0 Å². The van der Waals surface area contributed by atoms with Crippen molar-refractivity contribution in [2.75, 3.05) is 7.11 Å². The van der Waals surface area contributed by atoms with Crippen LogP contribution >= 0.6 is 11.3 Å². The van der Waals surface area contributed by atoms with Gasteiger partial charge in [-0.15, -0.1) is 0 Å². The van der Waals surface area contributed by atoms with Crippen molar-refractivity contribution in [3.05, 3.63) is 45.4 Å². The van der Waals surface area contributed by atoms with Gasteiger partial charge in [-0.05, 0) is 38.8 Å². The van der Waals surface area contributed by atoms with Gasteiger partial charge < -0.3 is 21.7 Å². The van der Waals surface area contributed by atoms with Crippen LogP contribution in [0.1, 0.15) is 21.6 Å². The van der Waals surface area contributed by atoms with Crippen LogP contribution < -0.4 is 21.5 Å². The van der Waals surface area contributed by atoms with Crippen LogP contribution in [0, 0.1) is 27.7 Å². The van der Waals surface area contributed by atoms with Crippen LogP contribution in [-0.4, -0.2) is 26.0 Å². The molecule has 1 aromatic heterocycles. The molecule has 1 aromatic carbocycles. The van der Waals surface area contributed by atoms with Gasteiger partial charge in [-0.25, -0.2) is 4.79 Å². The maximum Gasteiger partial charge on any atom is 0.372 e. The lowest BCUT2D eigenvalue weighted by Gasteiger charge is -2.07. The van der Waals surface area contributed by atoms with E-state index in [9.17, 15) is 13.2 Å². The first-order valence-electron chi connectivity index (χ1n) is 7.11. The third kappa shape index (κ3) is 7.64. The quantitative estimate of drug-likeness (QED) is 0.381. The Kier molecular flexibility index (Phi) is 9.49. The molecule has 0 saturated carbocycles. The Morgan fingerprint density at radius 1 is 1.20 bits per heavy atom. The van der Waals surface area contributed by atoms with E-state index in [1.54, 1.807) is 37.3 Å². The number of esters is 1. The summed E-state index contributed by atoms with van der Waals surface area (Å²) in [6.45, 7) is 7.53. The fourth-order valence-electron chi connectivity index (χ4n) is 2.32. The highest BCUT2D eigenvalue weighted by atomic mass is 79.9. The number of halogens is 1. The van der Waals surface area contributed by atoms with Crippen LogP contribution in [0.4, 0.5) is 0 Å². The monoisotopic (exact) mass is 451 g/mol. The van der Waals surface area contributed by atoms with E-state index in [1.165, 1.54) is 12.0 Å². The number of rotatable bonds is 3. The lowest BCUT2D eigenvalue weighted by atomic mass is 10.1. The first-order valence-corrected chi connectivity index (χ1v) is 9.43. The molecule has 0 amide bonds. The van der Waals surface area contributed by atoms with E-state index < -0.39 is 10.1 Å². The molecule has 0 bridgehead atoms. The van der Waals surface area contributed by atoms with Crippen molar-refractivity contribution < 1.29 is 44.1 Å². The second kappa shape index (κ2) is 10.0. The molecule has 25 heavy (non-hydrogen) atoms. The zero-order valence-electron chi connectivity index (χ0n) is 14.7. The third-order valence-electron chi connectivity index (χ3n) is 3.12. The van der Waals surface area contributed by atoms with E-state index in [-0.39, 0.29) is 27.8 Å². The second-order valence-corrected chi connectivity index (χ2v) is 7.86. The van der Waals surface area contributed by atoms with E-state index in [0.717, 1.165) is 5.56 Å². The SMILES string of the molecule is COC(=O)C[n+]1csc(C)c1.Cc1cc(C)c(S(=O)(=O)O)c(C)c1.[Br-]. The molecule has 1 heterocycles. The minimum absolute atomic E-state index is 0. The van der Waals surface area contributed by atoms with E-state index >= 15 is 0 Å². The molecule has 0 spiro atoms. The average molecular weight is 452 g/mol. The summed E-state index contributed by atoms with van der Waals surface area (Å²) in [4.78, 5) is 12.0. The molecule has 0 aliphatic carbocycles. The largest absolute Gasteiger partial charge is 1.00 e. The van der Waals surface area contributed by atoms with E-state index in [0.29, 0.717) is 17.7 Å². The van der Waals surface area contributed by atoms with Crippen LogP contribution in [0.5, 0.6) is 0 Å². The predicted octanol–water partition coefficient (Wildman–Crippen LogP) is -0.620. The van der Waals surface area contributed by atoms with Crippen molar-refractivity contribution in [2.45, 2.75) is 39.1 Å². The standard InChI is InChI=1S/C9H12O3S.C7H10NO2S.BrH/c1-6-4-7(2)9(8(3)5-6)13(10,11)12;1-6-3-8(5-11-6)4-7(9)10-2;/h4-5H,1-3H3,(H,10,11,12);3,5H,4H2,1-2H3;1H/q;+1;/p-1. The van der Waals surface area contributed by atoms with Gasteiger partial charge in [-0.2, -0.15) is 13.0 Å². The molecule has 6 nitrogen and oxygen atoms in total. The summed E-state index contributed by atoms with van der Waals surface area (Å²) in [6, 6.07) is 3.46. The van der Waals surface area contributed by atoms with Gasteiger partial charge in [0.15, 0.2) is 6.20 Å². The van der Waals surface area contributed by atoms with Gasteiger partial charge in [-0.1, -0.05) is 29.0 Å². The Balaban J connectivity index is 0.000000449. The van der Waals surface area contributed by atoms with Crippen LogP contribution in [0.3, 0.4) is 0 Å². The molecule has 0 unspecified atom stereocenters. The summed E-state index contributed by atoms with van der Waals surface area (Å²) >= 11 is 1.61. The number of methoxy groups -OCH3 is 1. The molecule has 2 aromatic rings. The number of carbonyl (C=O) groups excluding carboxylic acids is 1. The summed E-state index contributed by atoms with van der Waals surface area (Å²) in [5, 5.41) is 0. The molecule has 0 aliphatic rings. The first-order chi connectivity index (χ1) is 11.0. The number of benzene rings is 1. The molecule has 9 heteroatoms. The Morgan fingerprint density at radius 3 is 2.08 bits per heavy atom. The van der Waals surface area contributed by atoms with Crippen molar-refractivity contribution in [3.63, 3.8) is 0 Å². The van der Waals surface area contributed by atoms with Gasteiger partial charge in [0.05, 0.1) is 16.9 Å².